The van der Waals surface area contributed by atoms with E-state index < -0.39 is 16.4 Å². The Bertz CT molecular complexity index is 1090. The van der Waals surface area contributed by atoms with Gasteiger partial charge in [-0.3, -0.25) is 15.0 Å². The molecule has 0 saturated carbocycles. The normalized spacial score (nSPS) is 20.9. The Hall–Kier alpha value is -3.27. The Morgan fingerprint density at radius 1 is 1.28 bits per heavy atom. The van der Waals surface area contributed by atoms with Gasteiger partial charge in [0.15, 0.2) is 0 Å². The van der Waals surface area contributed by atoms with Crippen molar-refractivity contribution in [2.75, 3.05) is 13.7 Å². The number of non-ortho nitro benzene ring substituents is 1. The molecule has 0 spiro atoms. The Morgan fingerprint density at radius 2 is 2.00 bits per heavy atom. The number of nitro benzene ring substituents is 1. The van der Waals surface area contributed by atoms with Gasteiger partial charge in [-0.05, 0) is 29.8 Å². The molecular weight excluding hydrogens is 436 g/mol. The Morgan fingerprint density at radius 3 is 2.62 bits per heavy atom. The van der Waals surface area contributed by atoms with Gasteiger partial charge in [-0.1, -0.05) is 23.7 Å². The standard InChI is InChI=1S/C22H21ClN4O5/c1-25-22(14-26-11-10-24-15-26,17-4-6-18(23)7-5-17)12-20(32-25)13-31-21(28)16-2-8-19(9-3-16)27(29)30/h2-11,15,20H,12-14H2,1H3. The van der Waals surface area contributed by atoms with E-state index in [-0.39, 0.29) is 24.0 Å². The molecule has 4 rings (SSSR count). The number of benzene rings is 2. The van der Waals surface area contributed by atoms with Crippen LogP contribution in [0.15, 0.2) is 67.3 Å². The predicted octanol–water partition coefficient (Wildman–Crippen LogP) is 3.83. The summed E-state index contributed by atoms with van der Waals surface area (Å²) in [5.41, 5.74) is 0.650. The molecule has 9 nitrogen and oxygen atoms in total. The van der Waals surface area contributed by atoms with E-state index in [0.29, 0.717) is 18.0 Å². The Kier molecular flexibility index (Phi) is 6.22. The topological polar surface area (TPSA) is 99.7 Å². The number of hydrogen-bond donors (Lipinski definition) is 0. The van der Waals surface area contributed by atoms with Gasteiger partial charge in [0.25, 0.3) is 5.69 Å². The monoisotopic (exact) mass is 456 g/mol. The van der Waals surface area contributed by atoms with E-state index >= 15 is 0 Å². The van der Waals surface area contributed by atoms with Crippen LogP contribution in [0.5, 0.6) is 0 Å². The average Bonchev–Trinajstić information content (AvgIpc) is 3.41. The largest absolute Gasteiger partial charge is 0.459 e. The zero-order valence-corrected chi connectivity index (χ0v) is 18.0. The fourth-order valence-electron chi connectivity index (χ4n) is 3.93. The summed E-state index contributed by atoms with van der Waals surface area (Å²) in [6, 6.07) is 12.9. The van der Waals surface area contributed by atoms with Gasteiger partial charge in [0.05, 0.1) is 22.4 Å². The third-order valence-corrected chi connectivity index (χ3v) is 5.83. The van der Waals surface area contributed by atoms with Crippen LogP contribution in [0.3, 0.4) is 0 Å². The van der Waals surface area contributed by atoms with Crippen molar-refractivity contribution in [3.8, 4) is 0 Å². The molecule has 1 fully saturated rings. The van der Waals surface area contributed by atoms with Crippen molar-refractivity contribution in [2.24, 2.45) is 0 Å². The highest BCUT2D eigenvalue weighted by atomic mass is 35.5. The molecule has 2 heterocycles. The molecule has 166 valence electrons. The van der Waals surface area contributed by atoms with Crippen molar-refractivity contribution in [2.45, 2.75) is 24.6 Å². The summed E-state index contributed by atoms with van der Waals surface area (Å²) in [4.78, 5) is 32.8. The minimum Gasteiger partial charge on any atom is -0.459 e. The summed E-state index contributed by atoms with van der Waals surface area (Å²) in [5, 5.41) is 13.2. The molecule has 2 aromatic carbocycles. The van der Waals surface area contributed by atoms with E-state index in [0.717, 1.165) is 5.56 Å². The third-order valence-electron chi connectivity index (χ3n) is 5.57. The van der Waals surface area contributed by atoms with Gasteiger partial charge in [0, 0.05) is 49.6 Å². The lowest BCUT2D eigenvalue weighted by Crippen LogP contribution is -2.41. The number of rotatable bonds is 7. The van der Waals surface area contributed by atoms with Crippen LogP contribution in [-0.2, 0) is 21.7 Å². The summed E-state index contributed by atoms with van der Waals surface area (Å²) in [6.07, 6.45) is 5.54. The number of nitro groups is 1. The lowest BCUT2D eigenvalue weighted by molar-refractivity contribution is -0.384. The number of esters is 1. The summed E-state index contributed by atoms with van der Waals surface area (Å²) < 4.78 is 7.42. The van der Waals surface area contributed by atoms with E-state index in [1.807, 2.05) is 42.1 Å². The van der Waals surface area contributed by atoms with Gasteiger partial charge in [0.1, 0.15) is 12.7 Å². The number of ether oxygens (including phenoxy) is 1. The molecule has 0 radical (unpaired) electrons. The summed E-state index contributed by atoms with van der Waals surface area (Å²) in [6.45, 7) is 0.622. The molecule has 1 aromatic heterocycles. The molecule has 1 saturated heterocycles. The molecule has 0 N–H and O–H groups in total. The van der Waals surface area contributed by atoms with Crippen molar-refractivity contribution in [3.05, 3.63) is 93.5 Å². The molecule has 1 aliphatic rings. The minimum absolute atomic E-state index is 0.0411. The summed E-state index contributed by atoms with van der Waals surface area (Å²) in [7, 11) is 1.85. The van der Waals surface area contributed by atoms with Crippen LogP contribution in [-0.4, -0.2) is 45.3 Å². The van der Waals surface area contributed by atoms with Crippen LogP contribution in [0.4, 0.5) is 5.69 Å². The quantitative estimate of drug-likeness (QED) is 0.302. The molecular formula is C22H21ClN4O5. The van der Waals surface area contributed by atoms with Crippen molar-refractivity contribution >= 4 is 23.3 Å². The maximum Gasteiger partial charge on any atom is 0.338 e. The second-order valence-electron chi connectivity index (χ2n) is 7.60. The van der Waals surface area contributed by atoms with Gasteiger partial charge < -0.3 is 9.30 Å². The fourth-order valence-corrected chi connectivity index (χ4v) is 4.05. The molecule has 0 aliphatic carbocycles. The number of halogens is 1. The summed E-state index contributed by atoms with van der Waals surface area (Å²) >= 11 is 6.09. The van der Waals surface area contributed by atoms with Gasteiger partial charge in [-0.2, -0.15) is 5.06 Å². The molecule has 0 amide bonds. The van der Waals surface area contributed by atoms with E-state index in [2.05, 4.69) is 4.98 Å². The van der Waals surface area contributed by atoms with Gasteiger partial charge in [-0.25, -0.2) is 9.78 Å². The average molecular weight is 457 g/mol. The zero-order valence-electron chi connectivity index (χ0n) is 17.3. The molecule has 0 bridgehead atoms. The van der Waals surface area contributed by atoms with E-state index in [4.69, 9.17) is 21.2 Å². The first-order valence-corrected chi connectivity index (χ1v) is 10.3. The lowest BCUT2D eigenvalue weighted by Gasteiger charge is -2.34. The molecule has 32 heavy (non-hydrogen) atoms. The van der Waals surface area contributed by atoms with Gasteiger partial charge >= 0.3 is 5.97 Å². The van der Waals surface area contributed by atoms with Crippen molar-refractivity contribution < 1.29 is 19.3 Å². The second-order valence-corrected chi connectivity index (χ2v) is 8.04. The Balaban J connectivity index is 1.48. The first-order valence-electron chi connectivity index (χ1n) is 9.91. The highest BCUT2D eigenvalue weighted by Gasteiger charge is 2.47. The number of hydroxylamine groups is 2. The second kappa shape index (κ2) is 9.07. The van der Waals surface area contributed by atoms with Crippen LogP contribution >= 0.6 is 11.6 Å². The lowest BCUT2D eigenvalue weighted by atomic mass is 9.85. The van der Waals surface area contributed by atoms with Crippen molar-refractivity contribution in [1.29, 1.82) is 0 Å². The van der Waals surface area contributed by atoms with Crippen molar-refractivity contribution in [1.82, 2.24) is 14.6 Å². The predicted molar refractivity (Wildman–Crippen MR) is 116 cm³/mol. The molecule has 10 heteroatoms. The number of aromatic nitrogens is 2. The molecule has 3 aromatic rings. The molecule has 2 atom stereocenters. The van der Waals surface area contributed by atoms with Crippen molar-refractivity contribution in [3.63, 3.8) is 0 Å². The number of likely N-dealkylation sites (N-methyl/N-ethyl adjacent to an activating group) is 1. The number of carbonyl (C=O) groups excluding carboxylic acids is 1. The van der Waals surface area contributed by atoms with Crippen LogP contribution < -0.4 is 0 Å². The number of hydrogen-bond acceptors (Lipinski definition) is 7. The smallest absolute Gasteiger partial charge is 0.338 e. The fraction of sp³-hybridized carbons (Fsp3) is 0.273. The van der Waals surface area contributed by atoms with Gasteiger partial charge in [0.2, 0.25) is 0 Å². The van der Waals surface area contributed by atoms with Crippen LogP contribution in [0.1, 0.15) is 22.3 Å². The van der Waals surface area contributed by atoms with Crippen LogP contribution in [0.2, 0.25) is 5.02 Å². The van der Waals surface area contributed by atoms with E-state index in [1.54, 1.807) is 17.6 Å². The van der Waals surface area contributed by atoms with Crippen LogP contribution in [0, 0.1) is 10.1 Å². The first kappa shape index (κ1) is 21.9. The molecule has 2 unspecified atom stereocenters. The maximum atomic E-state index is 12.4. The SMILES string of the molecule is CN1OC(COC(=O)c2ccc([N+](=O)[O-])cc2)CC1(Cn1ccnc1)c1ccc(Cl)cc1. The Labute approximate surface area is 189 Å². The summed E-state index contributed by atoms with van der Waals surface area (Å²) in [5.74, 6) is -0.565. The highest BCUT2D eigenvalue weighted by Crippen LogP contribution is 2.41. The van der Waals surface area contributed by atoms with Gasteiger partial charge in [-0.15, -0.1) is 0 Å². The van der Waals surface area contributed by atoms with E-state index in [9.17, 15) is 14.9 Å². The highest BCUT2D eigenvalue weighted by molar-refractivity contribution is 6.30. The zero-order chi connectivity index (χ0) is 22.7. The maximum absolute atomic E-state index is 12.4. The number of nitrogens with zero attached hydrogens (tertiary/aromatic N) is 4. The van der Waals surface area contributed by atoms with Crippen LogP contribution in [0.25, 0.3) is 0 Å². The number of imidazole rings is 1. The molecule has 1 aliphatic heterocycles. The van der Waals surface area contributed by atoms with E-state index in [1.165, 1.54) is 24.3 Å². The first-order chi connectivity index (χ1) is 15.4. The third kappa shape index (κ3) is 4.50. The minimum atomic E-state index is -0.565. The number of carbonyl (C=O) groups is 1.